The van der Waals surface area contributed by atoms with E-state index in [1.54, 1.807) is 4.90 Å². The minimum atomic E-state index is -0.836. The summed E-state index contributed by atoms with van der Waals surface area (Å²) in [5, 5.41) is 14.1. The van der Waals surface area contributed by atoms with Gasteiger partial charge < -0.3 is 20.1 Å². The smallest absolute Gasteiger partial charge is 0.317 e. The molecule has 0 aliphatic carbocycles. The van der Waals surface area contributed by atoms with E-state index in [4.69, 9.17) is 9.84 Å². The van der Waals surface area contributed by atoms with Crippen molar-refractivity contribution in [2.24, 2.45) is 5.92 Å². The first-order chi connectivity index (χ1) is 12.1. The van der Waals surface area contributed by atoms with Gasteiger partial charge in [0.05, 0.1) is 12.5 Å². The molecule has 1 aliphatic rings. The summed E-state index contributed by atoms with van der Waals surface area (Å²) in [5.74, 6) is -0.539. The molecule has 25 heavy (non-hydrogen) atoms. The number of aliphatic carboxylic acids is 1. The summed E-state index contributed by atoms with van der Waals surface area (Å²) < 4.78 is 5.68. The Kier molecular flexibility index (Phi) is 5.38. The monoisotopic (exact) mass is 342 g/mol. The van der Waals surface area contributed by atoms with Gasteiger partial charge in [-0.15, -0.1) is 0 Å². The van der Waals surface area contributed by atoms with Crippen molar-refractivity contribution in [3.05, 3.63) is 42.5 Å². The summed E-state index contributed by atoms with van der Waals surface area (Å²) in [7, 11) is 0. The highest BCUT2D eigenvalue weighted by molar-refractivity contribution is 5.83. The first-order valence-electron chi connectivity index (χ1n) is 8.50. The number of rotatable bonds is 5. The second kappa shape index (κ2) is 7.88. The minimum Gasteiger partial charge on any atom is -0.492 e. The summed E-state index contributed by atoms with van der Waals surface area (Å²) in [5.41, 5.74) is 0. The summed E-state index contributed by atoms with van der Waals surface area (Å²) in [6.07, 6.45) is 1.35. The highest BCUT2D eigenvalue weighted by Gasteiger charge is 2.27. The summed E-state index contributed by atoms with van der Waals surface area (Å²) >= 11 is 0. The quantitative estimate of drug-likeness (QED) is 0.819. The van der Waals surface area contributed by atoms with Gasteiger partial charge in [-0.05, 0) is 35.7 Å². The first kappa shape index (κ1) is 17.1. The Labute approximate surface area is 146 Å². The van der Waals surface area contributed by atoms with Crippen LogP contribution in [-0.4, -0.2) is 48.2 Å². The lowest BCUT2D eigenvalue weighted by Gasteiger charge is -2.30. The van der Waals surface area contributed by atoms with Crippen LogP contribution in [0.4, 0.5) is 4.79 Å². The number of ether oxygens (including phenoxy) is 1. The van der Waals surface area contributed by atoms with Crippen molar-refractivity contribution in [2.45, 2.75) is 12.8 Å². The molecule has 1 atom stereocenters. The molecule has 0 radical (unpaired) electrons. The van der Waals surface area contributed by atoms with E-state index in [9.17, 15) is 9.59 Å². The van der Waals surface area contributed by atoms with E-state index in [1.165, 1.54) is 0 Å². The Hall–Kier alpha value is -2.76. The number of piperidine rings is 1. The lowest BCUT2D eigenvalue weighted by molar-refractivity contribution is -0.143. The van der Waals surface area contributed by atoms with Gasteiger partial charge in [-0.3, -0.25) is 4.79 Å². The van der Waals surface area contributed by atoms with Gasteiger partial charge in [0, 0.05) is 13.1 Å². The van der Waals surface area contributed by atoms with Crippen molar-refractivity contribution in [3.8, 4) is 5.75 Å². The third-order valence-corrected chi connectivity index (χ3v) is 4.43. The van der Waals surface area contributed by atoms with Crippen LogP contribution in [0.5, 0.6) is 5.75 Å². The van der Waals surface area contributed by atoms with Crippen molar-refractivity contribution in [1.29, 1.82) is 0 Å². The van der Waals surface area contributed by atoms with Gasteiger partial charge in [0.2, 0.25) is 0 Å². The molecule has 1 heterocycles. The summed E-state index contributed by atoms with van der Waals surface area (Å²) in [6.45, 7) is 1.61. The van der Waals surface area contributed by atoms with Crippen LogP contribution in [0.25, 0.3) is 10.8 Å². The number of hydrogen-bond donors (Lipinski definition) is 2. The molecule has 2 aromatic carbocycles. The average Bonchev–Trinajstić information content (AvgIpc) is 2.65. The van der Waals surface area contributed by atoms with E-state index in [1.807, 2.05) is 42.5 Å². The fourth-order valence-electron chi connectivity index (χ4n) is 3.06. The molecule has 2 N–H and O–H groups in total. The van der Waals surface area contributed by atoms with Crippen molar-refractivity contribution >= 4 is 22.8 Å². The van der Waals surface area contributed by atoms with E-state index in [-0.39, 0.29) is 12.6 Å². The number of carboxylic acids is 1. The first-order valence-corrected chi connectivity index (χ1v) is 8.50. The van der Waals surface area contributed by atoms with Crippen LogP contribution in [0.1, 0.15) is 12.8 Å². The normalized spacial score (nSPS) is 17.3. The lowest BCUT2D eigenvalue weighted by Crippen LogP contribution is -2.47. The highest BCUT2D eigenvalue weighted by Crippen LogP contribution is 2.20. The number of carbonyl (C=O) groups excluding carboxylic acids is 1. The zero-order chi connectivity index (χ0) is 17.6. The molecular formula is C19H22N2O4. The number of carbonyl (C=O) groups is 2. The number of hydrogen-bond acceptors (Lipinski definition) is 3. The zero-order valence-electron chi connectivity index (χ0n) is 14.0. The van der Waals surface area contributed by atoms with Crippen molar-refractivity contribution < 1.29 is 19.4 Å². The van der Waals surface area contributed by atoms with Gasteiger partial charge in [0.1, 0.15) is 12.4 Å². The SMILES string of the molecule is O=C(O)C1CCCN(C(=O)NCCOc2ccc3ccccc3c2)C1. The molecule has 132 valence electrons. The number of nitrogens with one attached hydrogen (secondary N) is 1. The van der Waals surface area contributed by atoms with Gasteiger partial charge in [-0.25, -0.2) is 4.79 Å². The van der Waals surface area contributed by atoms with E-state index < -0.39 is 11.9 Å². The van der Waals surface area contributed by atoms with Gasteiger partial charge in [0.25, 0.3) is 0 Å². The number of likely N-dealkylation sites (tertiary alicyclic amines) is 1. The maximum atomic E-state index is 12.1. The summed E-state index contributed by atoms with van der Waals surface area (Å²) in [4.78, 5) is 24.7. The Morgan fingerprint density at radius 3 is 2.80 bits per heavy atom. The maximum absolute atomic E-state index is 12.1. The fourth-order valence-corrected chi connectivity index (χ4v) is 3.06. The fraction of sp³-hybridized carbons (Fsp3) is 0.368. The van der Waals surface area contributed by atoms with Crippen molar-refractivity contribution in [1.82, 2.24) is 10.2 Å². The predicted octanol–water partition coefficient (Wildman–Crippen LogP) is 2.72. The zero-order valence-corrected chi connectivity index (χ0v) is 14.0. The van der Waals surface area contributed by atoms with E-state index in [0.29, 0.717) is 26.1 Å². The van der Waals surface area contributed by atoms with Crippen LogP contribution >= 0.6 is 0 Å². The largest absolute Gasteiger partial charge is 0.492 e. The molecule has 2 aromatic rings. The van der Waals surface area contributed by atoms with E-state index in [2.05, 4.69) is 5.32 Å². The third-order valence-electron chi connectivity index (χ3n) is 4.43. The molecule has 0 aromatic heterocycles. The number of carboxylic acid groups (broad SMARTS) is 1. The Morgan fingerprint density at radius 1 is 1.20 bits per heavy atom. The Bertz CT molecular complexity index is 762. The van der Waals surface area contributed by atoms with Crippen molar-refractivity contribution in [2.75, 3.05) is 26.2 Å². The second-order valence-electron chi connectivity index (χ2n) is 6.21. The predicted molar refractivity (Wildman–Crippen MR) is 94.8 cm³/mol. The second-order valence-corrected chi connectivity index (χ2v) is 6.21. The van der Waals surface area contributed by atoms with Crippen LogP contribution in [0.2, 0.25) is 0 Å². The van der Waals surface area contributed by atoms with Crippen LogP contribution in [0.3, 0.4) is 0 Å². The number of amides is 2. The van der Waals surface area contributed by atoms with Crippen LogP contribution in [0.15, 0.2) is 42.5 Å². The molecule has 6 heteroatoms. The Balaban J connectivity index is 1.44. The Morgan fingerprint density at radius 2 is 2.00 bits per heavy atom. The summed E-state index contributed by atoms with van der Waals surface area (Å²) in [6, 6.07) is 13.7. The lowest BCUT2D eigenvalue weighted by atomic mass is 9.99. The molecule has 0 bridgehead atoms. The maximum Gasteiger partial charge on any atom is 0.317 e. The van der Waals surface area contributed by atoms with Crippen LogP contribution in [0, 0.1) is 5.92 Å². The molecule has 6 nitrogen and oxygen atoms in total. The van der Waals surface area contributed by atoms with Gasteiger partial charge in [0.15, 0.2) is 0 Å². The standard InChI is InChI=1S/C19H22N2O4/c22-18(23)16-6-3-10-21(13-16)19(24)20-9-11-25-17-8-7-14-4-1-2-5-15(14)12-17/h1-2,4-5,7-8,12,16H,3,6,9-11,13H2,(H,20,24)(H,22,23). The molecule has 1 aliphatic heterocycles. The highest BCUT2D eigenvalue weighted by atomic mass is 16.5. The number of fused-ring (bicyclic) bond motifs is 1. The topological polar surface area (TPSA) is 78.9 Å². The molecule has 1 saturated heterocycles. The van der Waals surface area contributed by atoms with Gasteiger partial charge >= 0.3 is 12.0 Å². The molecule has 0 spiro atoms. The molecule has 2 amide bonds. The van der Waals surface area contributed by atoms with E-state index >= 15 is 0 Å². The van der Waals surface area contributed by atoms with Gasteiger partial charge in [-0.1, -0.05) is 30.3 Å². The molecule has 1 unspecified atom stereocenters. The van der Waals surface area contributed by atoms with Crippen LogP contribution < -0.4 is 10.1 Å². The molecule has 3 rings (SSSR count). The number of benzene rings is 2. The number of nitrogens with zero attached hydrogens (tertiary/aromatic N) is 1. The number of urea groups is 1. The van der Waals surface area contributed by atoms with Crippen LogP contribution in [-0.2, 0) is 4.79 Å². The van der Waals surface area contributed by atoms with Crippen molar-refractivity contribution in [3.63, 3.8) is 0 Å². The molecule has 0 saturated carbocycles. The van der Waals surface area contributed by atoms with Gasteiger partial charge in [-0.2, -0.15) is 0 Å². The third kappa shape index (κ3) is 4.41. The molecule has 1 fully saturated rings. The molecular weight excluding hydrogens is 320 g/mol. The van der Waals surface area contributed by atoms with E-state index in [0.717, 1.165) is 22.9 Å². The minimum absolute atomic E-state index is 0.229. The average molecular weight is 342 g/mol.